The third-order valence-electron chi connectivity index (χ3n) is 5.42. The minimum atomic E-state index is -0.571. The van der Waals surface area contributed by atoms with Crippen LogP contribution < -0.4 is 5.32 Å². The van der Waals surface area contributed by atoms with Crippen molar-refractivity contribution >= 4 is 40.6 Å². The van der Waals surface area contributed by atoms with Crippen molar-refractivity contribution in [3.63, 3.8) is 0 Å². The summed E-state index contributed by atoms with van der Waals surface area (Å²) in [6, 6.07) is 17.3. The maximum absolute atomic E-state index is 13.5. The molecule has 0 radical (unpaired) electrons. The van der Waals surface area contributed by atoms with Gasteiger partial charge < -0.3 is 19.9 Å². The minimum absolute atomic E-state index is 0.0907. The highest BCUT2D eigenvalue weighted by atomic mass is 35.5. The molecule has 6 nitrogen and oxygen atoms in total. The number of rotatable bonds is 12. The topological polar surface area (TPSA) is 61.9 Å². The number of urea groups is 1. The average molecular weight is 532 g/mol. The minimum Gasteiger partial charge on any atom is -0.382 e. The van der Waals surface area contributed by atoms with Crippen LogP contribution in [0.25, 0.3) is 0 Å². The highest BCUT2D eigenvalue weighted by molar-refractivity contribution is 7.11. The number of anilines is 1. The number of aryl methyl sites for hydroxylation is 1. The molecule has 3 amide bonds. The fraction of sp³-hybridized carbons (Fsp3) is 0.333. The molecule has 2 aromatic carbocycles. The van der Waals surface area contributed by atoms with Gasteiger partial charge >= 0.3 is 6.03 Å². The van der Waals surface area contributed by atoms with E-state index >= 15 is 0 Å². The number of carbonyl (C=O) groups excluding carboxylic acids is 2. The molecule has 192 valence electrons. The lowest BCUT2D eigenvalue weighted by atomic mass is 10.2. The second-order valence-electron chi connectivity index (χ2n) is 8.28. The van der Waals surface area contributed by atoms with Gasteiger partial charge in [-0.2, -0.15) is 0 Å². The molecule has 0 saturated carbocycles. The largest absolute Gasteiger partial charge is 0.382 e. The molecule has 0 fully saturated rings. The summed E-state index contributed by atoms with van der Waals surface area (Å²) >= 11 is 7.51. The number of benzene rings is 2. The molecule has 0 aliphatic rings. The molecular weight excluding hydrogens is 501 g/mol. The van der Waals surface area contributed by atoms with E-state index in [-0.39, 0.29) is 17.5 Å². The number of amides is 3. The first-order valence-corrected chi connectivity index (χ1v) is 13.0. The lowest BCUT2D eigenvalue weighted by Crippen LogP contribution is -2.44. The van der Waals surface area contributed by atoms with Crippen molar-refractivity contribution < 1.29 is 18.7 Å². The fourth-order valence-corrected chi connectivity index (χ4v) is 4.67. The molecule has 3 aromatic rings. The standard InChI is InChI=1S/C27H31ClFN3O3S/c1-3-35-15-7-14-31(27(34)30-22-11-13-25(29)24(28)16-22)19-26(33)32(17-21-8-5-4-6-9-21)18-23-12-10-20(2)36-23/h4-6,8-13,16H,3,7,14-15,17-19H2,1-2H3,(H,30,34). The van der Waals surface area contributed by atoms with Gasteiger partial charge in [-0.05, 0) is 56.2 Å². The summed E-state index contributed by atoms with van der Waals surface area (Å²) in [7, 11) is 0. The van der Waals surface area contributed by atoms with E-state index in [1.165, 1.54) is 28.0 Å². The zero-order valence-electron chi connectivity index (χ0n) is 20.5. The second-order valence-corrected chi connectivity index (χ2v) is 10.1. The van der Waals surface area contributed by atoms with Gasteiger partial charge in [-0.15, -0.1) is 11.3 Å². The number of ether oxygens (including phenoxy) is 1. The molecular formula is C27H31ClFN3O3S. The maximum atomic E-state index is 13.5. The fourth-order valence-electron chi connectivity index (χ4n) is 3.59. The van der Waals surface area contributed by atoms with Crippen LogP contribution in [0.15, 0.2) is 60.7 Å². The first-order valence-electron chi connectivity index (χ1n) is 11.8. The van der Waals surface area contributed by atoms with Crippen molar-refractivity contribution in [2.24, 2.45) is 0 Å². The quantitative estimate of drug-likeness (QED) is 0.277. The first-order chi connectivity index (χ1) is 17.4. The summed E-state index contributed by atoms with van der Waals surface area (Å²) in [6.45, 7) is 6.08. The van der Waals surface area contributed by atoms with E-state index in [2.05, 4.69) is 5.32 Å². The monoisotopic (exact) mass is 531 g/mol. The van der Waals surface area contributed by atoms with Gasteiger partial charge in [-0.25, -0.2) is 9.18 Å². The van der Waals surface area contributed by atoms with Crippen LogP contribution in [0.2, 0.25) is 5.02 Å². The summed E-state index contributed by atoms with van der Waals surface area (Å²) in [4.78, 5) is 32.1. The smallest absolute Gasteiger partial charge is 0.322 e. The Bertz CT molecular complexity index is 1140. The van der Waals surface area contributed by atoms with Crippen LogP contribution in [0.3, 0.4) is 0 Å². The Kier molecular flexibility index (Phi) is 10.7. The predicted octanol–water partition coefficient (Wildman–Crippen LogP) is 6.34. The Hall–Kier alpha value is -2.94. The van der Waals surface area contributed by atoms with Crippen LogP contribution in [-0.4, -0.2) is 48.0 Å². The van der Waals surface area contributed by atoms with Crippen molar-refractivity contribution in [3.05, 3.63) is 86.8 Å². The lowest BCUT2D eigenvalue weighted by molar-refractivity contribution is -0.133. The number of carbonyl (C=O) groups is 2. The molecule has 0 saturated heterocycles. The molecule has 36 heavy (non-hydrogen) atoms. The summed E-state index contributed by atoms with van der Waals surface area (Å²) in [5.41, 5.74) is 1.36. The summed E-state index contributed by atoms with van der Waals surface area (Å²) in [6.07, 6.45) is 0.571. The van der Waals surface area contributed by atoms with Gasteiger partial charge in [-0.1, -0.05) is 41.9 Å². The Labute approximate surface area is 220 Å². The van der Waals surface area contributed by atoms with E-state index in [4.69, 9.17) is 16.3 Å². The Morgan fingerprint density at radius 2 is 1.83 bits per heavy atom. The van der Waals surface area contributed by atoms with Crippen LogP contribution in [-0.2, 0) is 22.6 Å². The number of hydrogen-bond acceptors (Lipinski definition) is 4. The number of thiophene rings is 1. The zero-order valence-corrected chi connectivity index (χ0v) is 22.1. The second kappa shape index (κ2) is 14.0. The van der Waals surface area contributed by atoms with Crippen LogP contribution in [0.1, 0.15) is 28.7 Å². The van der Waals surface area contributed by atoms with E-state index in [0.29, 0.717) is 45.0 Å². The molecule has 9 heteroatoms. The van der Waals surface area contributed by atoms with Crippen LogP contribution in [0.4, 0.5) is 14.9 Å². The molecule has 1 aromatic heterocycles. The molecule has 0 spiro atoms. The van der Waals surface area contributed by atoms with Gasteiger partial charge in [0.05, 0.1) is 11.6 Å². The Balaban J connectivity index is 1.76. The van der Waals surface area contributed by atoms with Gasteiger partial charge in [0, 0.05) is 41.7 Å². The molecule has 0 aliphatic heterocycles. The predicted molar refractivity (Wildman–Crippen MR) is 143 cm³/mol. The molecule has 1 N–H and O–H groups in total. The van der Waals surface area contributed by atoms with E-state index < -0.39 is 11.8 Å². The lowest BCUT2D eigenvalue weighted by Gasteiger charge is -2.28. The molecule has 0 aliphatic carbocycles. The van der Waals surface area contributed by atoms with Crippen molar-refractivity contribution in [3.8, 4) is 0 Å². The van der Waals surface area contributed by atoms with Crippen LogP contribution in [0, 0.1) is 12.7 Å². The van der Waals surface area contributed by atoms with Crippen molar-refractivity contribution in [2.75, 3.05) is 31.6 Å². The Morgan fingerprint density at radius 3 is 2.50 bits per heavy atom. The summed E-state index contributed by atoms with van der Waals surface area (Å²) < 4.78 is 18.9. The summed E-state index contributed by atoms with van der Waals surface area (Å²) in [5.74, 6) is -0.743. The molecule has 0 atom stereocenters. The van der Waals surface area contributed by atoms with Crippen LogP contribution >= 0.6 is 22.9 Å². The normalized spacial score (nSPS) is 10.8. The first kappa shape index (κ1) is 27.6. The molecule has 0 bridgehead atoms. The third-order valence-corrected chi connectivity index (χ3v) is 6.69. The van der Waals surface area contributed by atoms with E-state index in [1.807, 2.05) is 56.3 Å². The molecule has 3 rings (SSSR count). The van der Waals surface area contributed by atoms with Gasteiger partial charge in [0.15, 0.2) is 0 Å². The molecule has 1 heterocycles. The third kappa shape index (κ3) is 8.62. The highest BCUT2D eigenvalue weighted by Crippen LogP contribution is 2.21. The number of nitrogens with zero attached hydrogens (tertiary/aromatic N) is 2. The van der Waals surface area contributed by atoms with Crippen molar-refractivity contribution in [1.82, 2.24) is 9.80 Å². The maximum Gasteiger partial charge on any atom is 0.322 e. The van der Waals surface area contributed by atoms with Crippen molar-refractivity contribution in [2.45, 2.75) is 33.4 Å². The van der Waals surface area contributed by atoms with E-state index in [9.17, 15) is 14.0 Å². The van der Waals surface area contributed by atoms with Crippen molar-refractivity contribution in [1.29, 1.82) is 0 Å². The SMILES string of the molecule is CCOCCCN(CC(=O)N(Cc1ccccc1)Cc1ccc(C)s1)C(=O)Nc1ccc(F)c(Cl)c1. The van der Waals surface area contributed by atoms with Gasteiger partial charge in [0.1, 0.15) is 12.4 Å². The van der Waals surface area contributed by atoms with Gasteiger partial charge in [0.2, 0.25) is 5.91 Å². The van der Waals surface area contributed by atoms with Gasteiger partial charge in [-0.3, -0.25) is 4.79 Å². The van der Waals surface area contributed by atoms with E-state index in [1.54, 1.807) is 16.2 Å². The van der Waals surface area contributed by atoms with E-state index in [0.717, 1.165) is 10.4 Å². The van der Waals surface area contributed by atoms with Crippen LogP contribution in [0.5, 0.6) is 0 Å². The highest BCUT2D eigenvalue weighted by Gasteiger charge is 2.22. The number of nitrogens with one attached hydrogen (secondary N) is 1. The molecule has 0 unspecified atom stereocenters. The summed E-state index contributed by atoms with van der Waals surface area (Å²) in [5, 5.41) is 2.63. The Morgan fingerprint density at radius 1 is 1.06 bits per heavy atom. The number of halogens is 2. The van der Waals surface area contributed by atoms with Gasteiger partial charge in [0.25, 0.3) is 0 Å². The average Bonchev–Trinajstić information content (AvgIpc) is 3.28. The zero-order chi connectivity index (χ0) is 25.9. The number of hydrogen-bond donors (Lipinski definition) is 1.